The van der Waals surface area contributed by atoms with Gasteiger partial charge < -0.3 is 0 Å². The van der Waals surface area contributed by atoms with E-state index in [0.29, 0.717) is 29.9 Å². The molecule has 138 valence electrons. The van der Waals surface area contributed by atoms with E-state index in [-0.39, 0.29) is 0 Å². The van der Waals surface area contributed by atoms with Crippen molar-refractivity contribution in [1.82, 2.24) is 0 Å². The minimum atomic E-state index is 0.295. The number of benzene rings is 2. The van der Waals surface area contributed by atoms with E-state index >= 15 is 0 Å². The Morgan fingerprint density at radius 3 is 1.32 bits per heavy atom. The van der Waals surface area contributed by atoms with E-state index in [2.05, 4.69) is 108 Å². The minimum absolute atomic E-state index is 0.295. The molecule has 0 bridgehead atoms. The Kier molecular flexibility index (Phi) is 7.18. The van der Waals surface area contributed by atoms with Crippen LogP contribution in [-0.2, 0) is 0 Å². The summed E-state index contributed by atoms with van der Waals surface area (Å²) < 4.78 is 5.70. The number of thiophene rings is 2. The van der Waals surface area contributed by atoms with Crippen molar-refractivity contribution >= 4 is 70.5 Å². The Balaban J connectivity index is 1.68. The Bertz CT molecular complexity index is 945. The molecular weight excluding hydrogens is 510 g/mol. The Hall–Kier alpha value is -1.64. The van der Waals surface area contributed by atoms with Crippen molar-refractivity contribution in [2.45, 2.75) is 0 Å². The topological polar surface area (TPSA) is 0 Å². The van der Waals surface area contributed by atoms with E-state index in [1.165, 1.54) is 27.6 Å². The summed E-state index contributed by atoms with van der Waals surface area (Å²) in [5.41, 5.74) is 0. The molecule has 0 saturated carbocycles. The predicted octanol–water partition coefficient (Wildman–Crippen LogP) is 5.25. The molecule has 2 heterocycles. The molecule has 0 aliphatic heterocycles. The van der Waals surface area contributed by atoms with Gasteiger partial charge in [-0.2, -0.15) is 0 Å². The Morgan fingerprint density at radius 2 is 0.964 bits per heavy atom. The van der Waals surface area contributed by atoms with Crippen molar-refractivity contribution in [1.29, 1.82) is 0 Å². The van der Waals surface area contributed by atoms with Crippen LogP contribution >= 0.6 is 22.7 Å². The van der Waals surface area contributed by atoms with Gasteiger partial charge in [0.15, 0.2) is 0 Å². The van der Waals surface area contributed by atoms with Gasteiger partial charge in [-0.1, -0.05) is 0 Å². The second kappa shape index (κ2) is 10.2. The fourth-order valence-electron chi connectivity index (χ4n) is 2.55. The first kappa shape index (κ1) is 19.7. The van der Waals surface area contributed by atoms with Gasteiger partial charge in [0.25, 0.3) is 0 Å². The summed E-state index contributed by atoms with van der Waals surface area (Å²) in [5, 5.41) is 4.34. The molecule has 0 radical (unpaired) electrons. The first-order valence-corrected chi connectivity index (χ1v) is 14.0. The molecule has 0 amide bonds. The molecule has 0 atom stereocenters. The van der Waals surface area contributed by atoms with Crippen LogP contribution in [0.1, 0.15) is 9.75 Å². The van der Waals surface area contributed by atoms with E-state index in [4.69, 9.17) is 0 Å². The molecule has 0 aliphatic rings. The summed E-state index contributed by atoms with van der Waals surface area (Å²) in [6, 6.07) is 30.4. The standard InChI is InChI=1S/C24H18S2Se2/c1-3-9-19(10-4-1)27-23(21-13-7-17-25-21)15-16-24(22-14-8-18-26-22)28-20-11-5-2-6-12-20/h1-18H/b23-15-,24-16-. The average molecular weight is 528 g/mol. The zero-order valence-electron chi connectivity index (χ0n) is 15.0. The van der Waals surface area contributed by atoms with Crippen molar-refractivity contribution in [2.75, 3.05) is 0 Å². The maximum absolute atomic E-state index is 2.36. The van der Waals surface area contributed by atoms with E-state index in [9.17, 15) is 0 Å². The van der Waals surface area contributed by atoms with Crippen molar-refractivity contribution in [2.24, 2.45) is 0 Å². The van der Waals surface area contributed by atoms with Gasteiger partial charge in [-0.3, -0.25) is 0 Å². The summed E-state index contributed by atoms with van der Waals surface area (Å²) >= 11 is 4.25. The van der Waals surface area contributed by atoms with Gasteiger partial charge in [0, 0.05) is 0 Å². The Morgan fingerprint density at radius 1 is 0.536 bits per heavy atom. The second-order valence-electron chi connectivity index (χ2n) is 5.85. The van der Waals surface area contributed by atoms with Gasteiger partial charge in [-0.05, 0) is 0 Å². The summed E-state index contributed by atoms with van der Waals surface area (Å²) in [7, 11) is 0. The van der Waals surface area contributed by atoms with Crippen molar-refractivity contribution in [3.63, 3.8) is 0 Å². The van der Waals surface area contributed by atoms with Crippen LogP contribution in [0.15, 0.2) is 108 Å². The molecule has 0 unspecified atom stereocenters. The third kappa shape index (κ3) is 5.46. The normalized spacial score (nSPS) is 12.3. The van der Waals surface area contributed by atoms with Crippen molar-refractivity contribution in [3.8, 4) is 0 Å². The molecular formula is C24H18S2Se2. The molecule has 4 aromatic rings. The first-order valence-electron chi connectivity index (χ1n) is 8.84. The molecule has 28 heavy (non-hydrogen) atoms. The fraction of sp³-hybridized carbons (Fsp3) is 0. The molecule has 0 aliphatic carbocycles. The van der Waals surface area contributed by atoms with Crippen LogP contribution in [0.25, 0.3) is 8.94 Å². The van der Waals surface area contributed by atoms with Gasteiger partial charge in [0.2, 0.25) is 0 Å². The zero-order chi connectivity index (χ0) is 19.0. The van der Waals surface area contributed by atoms with Crippen molar-refractivity contribution < 1.29 is 0 Å². The zero-order valence-corrected chi connectivity index (χ0v) is 20.1. The van der Waals surface area contributed by atoms with E-state index < -0.39 is 0 Å². The number of rotatable bonds is 7. The third-order valence-electron chi connectivity index (χ3n) is 3.86. The Labute approximate surface area is 187 Å². The molecule has 4 heteroatoms. The van der Waals surface area contributed by atoms with E-state index in [1.807, 2.05) is 22.7 Å². The van der Waals surface area contributed by atoms with Gasteiger partial charge in [0.05, 0.1) is 0 Å². The predicted molar refractivity (Wildman–Crippen MR) is 128 cm³/mol. The third-order valence-corrected chi connectivity index (χ3v) is 10.8. The SMILES string of the molecule is C(/C=C(\[Se]c1ccccc1)c1cccs1)=C(/[Se]c1ccccc1)c1cccs1. The van der Waals surface area contributed by atoms with Crippen LogP contribution in [0.4, 0.5) is 0 Å². The molecule has 4 rings (SSSR count). The first-order chi connectivity index (χ1) is 13.9. The number of hydrogen-bond donors (Lipinski definition) is 0. The molecule has 0 fully saturated rings. The summed E-state index contributed by atoms with van der Waals surface area (Å²) in [5.74, 6) is 0. The quantitative estimate of drug-likeness (QED) is 0.227. The maximum atomic E-state index is 2.36. The molecule has 0 nitrogen and oxygen atoms in total. The molecule has 2 aromatic heterocycles. The van der Waals surface area contributed by atoms with E-state index in [0.717, 1.165) is 0 Å². The van der Waals surface area contributed by atoms with Crippen LogP contribution in [-0.4, -0.2) is 29.9 Å². The van der Waals surface area contributed by atoms with Crippen LogP contribution < -0.4 is 8.92 Å². The van der Waals surface area contributed by atoms with Crippen LogP contribution in [0, 0.1) is 0 Å². The summed E-state index contributed by atoms with van der Waals surface area (Å²) in [6.45, 7) is 0. The molecule has 0 spiro atoms. The van der Waals surface area contributed by atoms with Gasteiger partial charge >= 0.3 is 188 Å². The fourth-order valence-corrected chi connectivity index (χ4v) is 8.46. The summed E-state index contributed by atoms with van der Waals surface area (Å²) in [6.07, 6.45) is 4.72. The van der Waals surface area contributed by atoms with Crippen LogP contribution in [0.3, 0.4) is 0 Å². The summed E-state index contributed by atoms with van der Waals surface area (Å²) in [4.78, 5) is 2.75. The van der Waals surface area contributed by atoms with Crippen LogP contribution in [0.2, 0.25) is 0 Å². The van der Waals surface area contributed by atoms with Gasteiger partial charge in [-0.15, -0.1) is 0 Å². The van der Waals surface area contributed by atoms with Gasteiger partial charge in [0.1, 0.15) is 0 Å². The van der Waals surface area contributed by atoms with Gasteiger partial charge in [-0.25, -0.2) is 0 Å². The molecule has 2 aromatic carbocycles. The van der Waals surface area contributed by atoms with Crippen molar-refractivity contribution in [3.05, 3.63) is 118 Å². The van der Waals surface area contributed by atoms with E-state index in [1.54, 1.807) is 0 Å². The number of hydrogen-bond acceptors (Lipinski definition) is 2. The second-order valence-corrected chi connectivity index (χ2v) is 12.4. The average Bonchev–Trinajstić information content (AvgIpc) is 3.46. The molecule has 0 saturated heterocycles. The van der Waals surface area contributed by atoms with Crippen LogP contribution in [0.5, 0.6) is 0 Å². The monoisotopic (exact) mass is 530 g/mol. The number of allylic oxidation sites excluding steroid dienone is 2. The molecule has 0 N–H and O–H groups in total.